The minimum Gasteiger partial charge on any atom is -0.494 e. The van der Waals surface area contributed by atoms with Gasteiger partial charge in [-0.25, -0.2) is 0 Å². The van der Waals surface area contributed by atoms with Crippen LogP contribution >= 0.6 is 11.6 Å². The van der Waals surface area contributed by atoms with E-state index in [0.29, 0.717) is 6.61 Å². The smallest absolute Gasteiger partial charge is 0.167 e. The summed E-state index contributed by atoms with van der Waals surface area (Å²) in [6, 6.07) is 23.7. The zero-order valence-electron chi connectivity index (χ0n) is 15.4. The highest BCUT2D eigenvalue weighted by molar-refractivity contribution is 6.31. The van der Waals surface area contributed by atoms with Crippen LogP contribution in [0.25, 0.3) is 22.2 Å². The van der Waals surface area contributed by atoms with E-state index in [4.69, 9.17) is 20.9 Å². The predicted molar refractivity (Wildman–Crippen MR) is 113 cm³/mol. The first kappa shape index (κ1) is 18.5. The highest BCUT2D eigenvalue weighted by Gasteiger charge is 2.09. The second-order valence-electron chi connectivity index (χ2n) is 6.52. The van der Waals surface area contributed by atoms with Crippen molar-refractivity contribution in [2.75, 3.05) is 13.2 Å². The third kappa shape index (κ3) is 4.35. The van der Waals surface area contributed by atoms with Gasteiger partial charge in [-0.3, -0.25) is 0 Å². The molecule has 0 fully saturated rings. The second kappa shape index (κ2) is 8.91. The molecule has 4 rings (SSSR count). The molecule has 1 N–H and O–H groups in total. The quantitative estimate of drug-likeness (QED) is 0.390. The fraction of sp³-hybridized carbons (Fsp3) is 0.174. The van der Waals surface area contributed by atoms with E-state index in [-0.39, 0.29) is 0 Å². The number of nitrogens with zero attached hydrogens (tertiary/aromatic N) is 1. The van der Waals surface area contributed by atoms with Gasteiger partial charge in [-0.15, -0.1) is 0 Å². The van der Waals surface area contributed by atoms with Crippen LogP contribution in [0.3, 0.4) is 0 Å². The first-order valence-electron chi connectivity index (χ1n) is 9.33. The highest BCUT2D eigenvalue weighted by Crippen LogP contribution is 2.28. The third-order valence-electron chi connectivity index (χ3n) is 4.55. The molecule has 0 unspecified atom stereocenters. The van der Waals surface area contributed by atoms with Crippen LogP contribution in [0, 0.1) is 0 Å². The first-order valence-corrected chi connectivity index (χ1v) is 9.71. The van der Waals surface area contributed by atoms with Gasteiger partial charge in [-0.1, -0.05) is 47.1 Å². The molecule has 0 saturated heterocycles. The molecule has 1 aromatic heterocycles. The van der Waals surface area contributed by atoms with E-state index < -0.39 is 0 Å². The number of halogens is 1. The van der Waals surface area contributed by atoms with Crippen molar-refractivity contribution in [3.05, 3.63) is 83.4 Å². The Balaban J connectivity index is 1.24. The lowest BCUT2D eigenvalue weighted by Gasteiger charge is -2.08. The molecule has 4 aromatic rings. The molecule has 1 heterocycles. The maximum Gasteiger partial charge on any atom is 0.167 e. The minimum absolute atomic E-state index is 0.655. The molecule has 0 aliphatic carbocycles. The van der Waals surface area contributed by atoms with Gasteiger partial charge in [0.1, 0.15) is 11.4 Å². The number of benzene rings is 3. The van der Waals surface area contributed by atoms with Crippen molar-refractivity contribution in [3.63, 3.8) is 0 Å². The van der Waals surface area contributed by atoms with Gasteiger partial charge in [-0.05, 0) is 61.0 Å². The van der Waals surface area contributed by atoms with Crippen molar-refractivity contribution in [3.8, 4) is 17.0 Å². The van der Waals surface area contributed by atoms with E-state index in [2.05, 4.69) is 10.5 Å². The number of rotatable bonds is 8. The molecule has 4 nitrogen and oxygen atoms in total. The zero-order valence-corrected chi connectivity index (χ0v) is 16.2. The van der Waals surface area contributed by atoms with Crippen molar-refractivity contribution >= 4 is 22.6 Å². The lowest BCUT2D eigenvalue weighted by Crippen LogP contribution is -2.17. The number of nitrogens with one attached hydrogen (secondary N) is 1. The average Bonchev–Trinajstić information content (AvgIpc) is 3.16. The predicted octanol–water partition coefficient (Wildman–Crippen LogP) is 5.71. The van der Waals surface area contributed by atoms with E-state index in [9.17, 15) is 0 Å². The van der Waals surface area contributed by atoms with Crippen molar-refractivity contribution in [1.29, 1.82) is 0 Å². The van der Waals surface area contributed by atoms with Gasteiger partial charge in [0.25, 0.3) is 0 Å². The fourth-order valence-corrected chi connectivity index (χ4v) is 3.26. The van der Waals surface area contributed by atoms with Crippen LogP contribution in [0.15, 0.2) is 77.3 Å². The molecule has 0 atom stereocenters. The Morgan fingerprint density at radius 1 is 0.929 bits per heavy atom. The number of fused-ring (bicyclic) bond motifs is 1. The molecule has 0 bridgehead atoms. The number of aromatic nitrogens is 1. The summed E-state index contributed by atoms with van der Waals surface area (Å²) >= 11 is 6.15. The monoisotopic (exact) mass is 392 g/mol. The van der Waals surface area contributed by atoms with Crippen molar-refractivity contribution < 1.29 is 9.26 Å². The molecule has 5 heteroatoms. The van der Waals surface area contributed by atoms with Crippen LogP contribution in [0.4, 0.5) is 0 Å². The maximum absolute atomic E-state index is 6.15. The van der Waals surface area contributed by atoms with Gasteiger partial charge in [0.05, 0.1) is 6.61 Å². The van der Waals surface area contributed by atoms with E-state index in [1.165, 1.54) is 0 Å². The van der Waals surface area contributed by atoms with Crippen LogP contribution < -0.4 is 10.1 Å². The number of ether oxygens (including phenoxy) is 1. The summed E-state index contributed by atoms with van der Waals surface area (Å²) in [4.78, 5) is 0. The molecule has 0 amide bonds. The second-order valence-corrected chi connectivity index (χ2v) is 6.93. The molecule has 3 aromatic carbocycles. The van der Waals surface area contributed by atoms with Crippen LogP contribution in [0.5, 0.6) is 5.75 Å². The molecule has 0 radical (unpaired) electrons. The van der Waals surface area contributed by atoms with E-state index >= 15 is 0 Å². The summed E-state index contributed by atoms with van der Waals surface area (Å²) in [5.41, 5.74) is 3.77. The lowest BCUT2D eigenvalue weighted by molar-refractivity contribution is 0.308. The number of para-hydroxylation sites is 1. The van der Waals surface area contributed by atoms with E-state index in [1.54, 1.807) is 0 Å². The first-order chi connectivity index (χ1) is 13.8. The Kier molecular flexibility index (Phi) is 5.90. The standard InChI is InChI=1S/C23H21ClN2O2/c24-21-8-3-1-6-18(21)16-25-14-5-15-27-19-12-10-17(11-13-19)23-20-7-2-4-9-22(20)28-26-23/h1-4,6-13,25H,5,14-16H2. The molecule has 28 heavy (non-hydrogen) atoms. The number of hydrogen-bond acceptors (Lipinski definition) is 4. The van der Waals surface area contributed by atoms with E-state index in [0.717, 1.165) is 58.1 Å². The normalized spacial score (nSPS) is 11.0. The third-order valence-corrected chi connectivity index (χ3v) is 4.91. The van der Waals surface area contributed by atoms with Gasteiger partial charge < -0.3 is 14.6 Å². The molecular weight excluding hydrogens is 372 g/mol. The summed E-state index contributed by atoms with van der Waals surface area (Å²) in [5.74, 6) is 0.850. The summed E-state index contributed by atoms with van der Waals surface area (Å²) in [6.07, 6.45) is 0.917. The van der Waals surface area contributed by atoms with Gasteiger partial charge in [-0.2, -0.15) is 0 Å². The van der Waals surface area contributed by atoms with Crippen molar-refractivity contribution in [2.45, 2.75) is 13.0 Å². The summed E-state index contributed by atoms with van der Waals surface area (Å²) < 4.78 is 11.2. The van der Waals surface area contributed by atoms with Crippen LogP contribution in [0.2, 0.25) is 5.02 Å². The van der Waals surface area contributed by atoms with Crippen LogP contribution in [-0.4, -0.2) is 18.3 Å². The molecule has 0 aliphatic rings. The summed E-state index contributed by atoms with van der Waals surface area (Å²) in [6.45, 7) is 2.29. The largest absolute Gasteiger partial charge is 0.494 e. The van der Waals surface area contributed by atoms with Crippen molar-refractivity contribution in [1.82, 2.24) is 10.5 Å². The summed E-state index contributed by atoms with van der Waals surface area (Å²) in [5, 5.41) is 9.39. The molecule has 0 saturated carbocycles. The van der Waals surface area contributed by atoms with Gasteiger partial charge in [0, 0.05) is 22.5 Å². The number of hydrogen-bond donors (Lipinski definition) is 1. The van der Waals surface area contributed by atoms with Gasteiger partial charge in [0.2, 0.25) is 0 Å². The minimum atomic E-state index is 0.655. The molecule has 0 aliphatic heterocycles. The topological polar surface area (TPSA) is 47.3 Å². The maximum atomic E-state index is 6.15. The molecule has 0 spiro atoms. The van der Waals surface area contributed by atoms with E-state index in [1.807, 2.05) is 72.8 Å². The molecule has 142 valence electrons. The highest BCUT2D eigenvalue weighted by atomic mass is 35.5. The average molecular weight is 393 g/mol. The Bertz CT molecular complexity index is 1040. The Morgan fingerprint density at radius 3 is 2.57 bits per heavy atom. The van der Waals surface area contributed by atoms with Gasteiger partial charge in [0.15, 0.2) is 5.58 Å². The van der Waals surface area contributed by atoms with Crippen LogP contribution in [-0.2, 0) is 6.54 Å². The summed E-state index contributed by atoms with van der Waals surface area (Å²) in [7, 11) is 0. The Hall–Kier alpha value is -2.82. The van der Waals surface area contributed by atoms with Crippen molar-refractivity contribution in [2.24, 2.45) is 0 Å². The fourth-order valence-electron chi connectivity index (χ4n) is 3.06. The zero-order chi connectivity index (χ0) is 19.2. The molecular formula is C23H21ClN2O2. The lowest BCUT2D eigenvalue weighted by atomic mass is 10.1. The Morgan fingerprint density at radius 2 is 1.71 bits per heavy atom. The SMILES string of the molecule is Clc1ccccc1CNCCCOc1ccc(-c2noc3ccccc23)cc1. The van der Waals surface area contributed by atoms with Gasteiger partial charge >= 0.3 is 0 Å². The Labute approximate surface area is 169 Å². The van der Waals surface area contributed by atoms with Crippen LogP contribution in [0.1, 0.15) is 12.0 Å².